The molecule has 6 heterocycles. The van der Waals surface area contributed by atoms with Crippen molar-refractivity contribution < 1.29 is 19.4 Å². The molecule has 44 heavy (non-hydrogen) atoms. The number of carboxylic acids is 1. The summed E-state index contributed by atoms with van der Waals surface area (Å²) in [4.78, 5) is 53.6. The van der Waals surface area contributed by atoms with Gasteiger partial charge in [0.15, 0.2) is 11.4 Å². The number of carbonyl (C=O) groups excluding carboxylic acids is 1. The van der Waals surface area contributed by atoms with Crippen LogP contribution in [0.2, 0.25) is 0 Å². The topological polar surface area (TPSA) is 147 Å². The molecule has 14 heteroatoms. The fraction of sp³-hybridized carbons (Fsp3) is 0.467. The van der Waals surface area contributed by atoms with E-state index in [0.29, 0.717) is 27.1 Å². The highest BCUT2D eigenvalue weighted by Gasteiger charge is 2.46. The first-order chi connectivity index (χ1) is 21.1. The van der Waals surface area contributed by atoms with Crippen LogP contribution in [0.3, 0.4) is 0 Å². The van der Waals surface area contributed by atoms with Crippen LogP contribution < -0.4 is 9.80 Å². The Morgan fingerprint density at radius 1 is 0.750 bits per heavy atom. The third-order valence-corrected chi connectivity index (χ3v) is 9.89. The van der Waals surface area contributed by atoms with Gasteiger partial charge in [0.05, 0.1) is 24.8 Å². The number of carboxylic acid groups (broad SMARTS) is 1. The number of aromatic carboxylic acids is 1. The Morgan fingerprint density at radius 2 is 1.20 bits per heavy atom. The van der Waals surface area contributed by atoms with Crippen molar-refractivity contribution >= 4 is 46.2 Å². The lowest BCUT2D eigenvalue weighted by atomic mass is 10.2. The molecule has 2 aliphatic carbocycles. The number of aromatic nitrogens is 6. The predicted molar refractivity (Wildman–Crippen MR) is 166 cm³/mol. The van der Waals surface area contributed by atoms with E-state index in [9.17, 15) is 9.59 Å². The van der Waals surface area contributed by atoms with Crippen molar-refractivity contribution in [3.05, 3.63) is 46.9 Å². The van der Waals surface area contributed by atoms with Gasteiger partial charge in [-0.25, -0.2) is 39.5 Å². The molecule has 0 amide bonds. The van der Waals surface area contributed by atoms with Crippen molar-refractivity contribution in [2.75, 3.05) is 36.0 Å². The van der Waals surface area contributed by atoms with Gasteiger partial charge in [-0.2, -0.15) is 0 Å². The minimum atomic E-state index is -1.02. The zero-order valence-electron chi connectivity index (χ0n) is 24.6. The van der Waals surface area contributed by atoms with Gasteiger partial charge < -0.3 is 19.6 Å². The molecule has 0 radical (unpaired) electrons. The number of carbonyl (C=O) groups is 2. The summed E-state index contributed by atoms with van der Waals surface area (Å²) in [6.45, 7) is 9.87. The Morgan fingerprint density at radius 3 is 1.59 bits per heavy atom. The van der Waals surface area contributed by atoms with Gasteiger partial charge in [-0.3, -0.25) is 0 Å². The van der Waals surface area contributed by atoms with Crippen LogP contribution in [0.5, 0.6) is 0 Å². The molecule has 1 N–H and O–H groups in total. The minimum Gasteiger partial charge on any atom is -0.476 e. The monoisotopic (exact) mass is 632 g/mol. The summed E-state index contributed by atoms with van der Waals surface area (Å²) in [6, 6.07) is 0. The number of rotatable bonds is 6. The summed E-state index contributed by atoms with van der Waals surface area (Å²) in [7, 11) is 0. The normalized spacial score (nSPS) is 23.0. The summed E-state index contributed by atoms with van der Waals surface area (Å²) < 4.78 is 5.34. The Balaban J connectivity index is 0.000000144. The summed E-state index contributed by atoms with van der Waals surface area (Å²) in [6.07, 6.45) is 9.69. The lowest BCUT2D eigenvalue weighted by Gasteiger charge is -2.18. The molecule has 0 bridgehead atoms. The van der Waals surface area contributed by atoms with E-state index >= 15 is 0 Å². The fourth-order valence-electron chi connectivity index (χ4n) is 5.67. The number of hydrogen-bond acceptors (Lipinski definition) is 13. The molecule has 4 atom stereocenters. The van der Waals surface area contributed by atoms with Crippen LogP contribution in [0.25, 0.3) is 21.4 Å². The lowest BCUT2D eigenvalue weighted by Crippen LogP contribution is -2.24. The van der Waals surface area contributed by atoms with Crippen molar-refractivity contribution in [2.45, 2.75) is 39.2 Å². The maximum absolute atomic E-state index is 12.0. The second kappa shape index (κ2) is 11.1. The highest BCUT2D eigenvalue weighted by Crippen LogP contribution is 2.46. The molecule has 4 unspecified atom stereocenters. The van der Waals surface area contributed by atoms with Crippen LogP contribution >= 0.6 is 22.7 Å². The standard InChI is InChI=1S/C17H20N4O2S.C13H12N4O2S/c1-17(2,3)23-16(22)13-9-24-15(20-13)12-5-19-14(6-18-12)21-7-10-4-11(10)8-21;18-13(19)10-6-20-12(16-10)9-2-15-11(3-14-9)17-4-7-1-8(7)5-17/h5-6,9-11H,4,7-8H2,1-3H3;2-3,6-8H,1,4-5H2,(H,18,19). The summed E-state index contributed by atoms with van der Waals surface area (Å²) >= 11 is 2.64. The number of fused-ring (bicyclic) bond motifs is 2. The maximum Gasteiger partial charge on any atom is 0.358 e. The van der Waals surface area contributed by atoms with Crippen molar-refractivity contribution in [3.8, 4) is 21.4 Å². The molecule has 4 aromatic rings. The average Bonchev–Trinajstić information content (AvgIpc) is 3.56. The number of esters is 1. The molecule has 2 saturated carbocycles. The quantitative estimate of drug-likeness (QED) is 0.292. The minimum absolute atomic E-state index is 0.0514. The molecule has 228 valence electrons. The first kappa shape index (κ1) is 28.7. The third kappa shape index (κ3) is 6.27. The van der Waals surface area contributed by atoms with Gasteiger partial charge in [-0.15, -0.1) is 22.7 Å². The van der Waals surface area contributed by atoms with Crippen molar-refractivity contribution in [2.24, 2.45) is 23.7 Å². The molecule has 4 aromatic heterocycles. The van der Waals surface area contributed by atoms with Crippen LogP contribution in [0, 0.1) is 23.7 Å². The van der Waals surface area contributed by atoms with E-state index in [0.717, 1.165) is 61.5 Å². The number of anilines is 2. The Labute approximate surface area is 262 Å². The zero-order chi connectivity index (χ0) is 30.6. The maximum atomic E-state index is 12.0. The van der Waals surface area contributed by atoms with Gasteiger partial charge in [0.2, 0.25) is 0 Å². The third-order valence-electron chi connectivity index (χ3n) is 8.16. The summed E-state index contributed by atoms with van der Waals surface area (Å²) in [5.74, 6) is 3.83. The molecule has 8 rings (SSSR count). The molecular weight excluding hydrogens is 601 g/mol. The van der Waals surface area contributed by atoms with Gasteiger partial charge in [0.1, 0.15) is 38.6 Å². The number of piperidine rings is 2. The first-order valence-electron chi connectivity index (χ1n) is 14.6. The average molecular weight is 633 g/mol. The van der Waals surface area contributed by atoms with Crippen molar-refractivity contribution in [1.29, 1.82) is 0 Å². The summed E-state index contributed by atoms with van der Waals surface area (Å²) in [5.41, 5.74) is 1.14. The van der Waals surface area contributed by atoms with Gasteiger partial charge in [0, 0.05) is 36.9 Å². The molecule has 4 fully saturated rings. The van der Waals surface area contributed by atoms with Crippen LogP contribution in [0.15, 0.2) is 35.5 Å². The number of thiazole rings is 2. The largest absolute Gasteiger partial charge is 0.476 e. The molecule has 4 aliphatic rings. The van der Waals surface area contributed by atoms with E-state index in [4.69, 9.17) is 9.84 Å². The summed E-state index contributed by atoms with van der Waals surface area (Å²) in [5, 5.41) is 13.3. The van der Waals surface area contributed by atoms with Crippen LogP contribution in [0.1, 0.15) is 54.6 Å². The molecule has 12 nitrogen and oxygen atoms in total. The van der Waals surface area contributed by atoms with Gasteiger partial charge in [-0.05, 0) is 57.3 Å². The zero-order valence-corrected chi connectivity index (χ0v) is 26.2. The van der Waals surface area contributed by atoms with E-state index in [1.807, 2.05) is 20.8 Å². The number of hydrogen-bond donors (Lipinski definition) is 1. The highest BCUT2D eigenvalue weighted by molar-refractivity contribution is 7.13. The van der Waals surface area contributed by atoms with Crippen LogP contribution in [0.4, 0.5) is 11.6 Å². The number of nitrogens with zero attached hydrogens (tertiary/aromatic N) is 8. The predicted octanol–water partition coefficient (Wildman–Crippen LogP) is 4.77. The van der Waals surface area contributed by atoms with E-state index < -0.39 is 17.5 Å². The molecular formula is C30H32N8O4S2. The van der Waals surface area contributed by atoms with Crippen LogP contribution in [-0.4, -0.2) is 78.7 Å². The Kier molecular flexibility index (Phi) is 7.28. The van der Waals surface area contributed by atoms with Crippen LogP contribution in [-0.2, 0) is 4.74 Å². The molecule has 2 aliphatic heterocycles. The lowest BCUT2D eigenvalue weighted by molar-refractivity contribution is 0.00636. The van der Waals surface area contributed by atoms with E-state index in [2.05, 4.69) is 39.7 Å². The SMILES string of the molecule is CC(C)(C)OC(=O)c1csc(-c2cnc(N3CC4CC4C3)cn2)n1.O=C(O)c1csc(-c2cnc(N3CC4CC4C3)cn2)n1. The van der Waals surface area contributed by atoms with Crippen molar-refractivity contribution in [3.63, 3.8) is 0 Å². The second-order valence-corrected chi connectivity index (χ2v) is 14.4. The first-order valence-corrected chi connectivity index (χ1v) is 16.4. The Hall–Kier alpha value is -4.04. The second-order valence-electron chi connectivity index (χ2n) is 12.7. The van der Waals surface area contributed by atoms with Gasteiger partial charge in [-0.1, -0.05) is 0 Å². The smallest absolute Gasteiger partial charge is 0.358 e. The Bertz CT molecular complexity index is 1660. The van der Waals surface area contributed by atoms with Gasteiger partial charge >= 0.3 is 11.9 Å². The molecule has 2 saturated heterocycles. The number of ether oxygens (including phenoxy) is 1. The van der Waals surface area contributed by atoms with E-state index in [1.165, 1.54) is 40.9 Å². The van der Waals surface area contributed by atoms with E-state index in [1.54, 1.807) is 30.2 Å². The highest BCUT2D eigenvalue weighted by atomic mass is 32.1. The van der Waals surface area contributed by atoms with E-state index in [-0.39, 0.29) is 5.69 Å². The molecule has 0 aromatic carbocycles. The molecule has 0 spiro atoms. The van der Waals surface area contributed by atoms with Gasteiger partial charge in [0.25, 0.3) is 0 Å². The van der Waals surface area contributed by atoms with Crippen molar-refractivity contribution in [1.82, 2.24) is 29.9 Å². The fourth-order valence-corrected chi connectivity index (χ4v) is 7.17.